The van der Waals surface area contributed by atoms with Crippen molar-refractivity contribution in [2.45, 2.75) is 61.9 Å². The molecule has 2 aromatic carbocycles. The third kappa shape index (κ3) is 5.41. The van der Waals surface area contributed by atoms with Crippen LogP contribution >= 0.6 is 0 Å². The number of phenolic OH excluding ortho intramolecular Hbond substituents is 3. The first-order valence-electron chi connectivity index (χ1n) is 13.2. The number of rotatable bonds is 5. The van der Waals surface area contributed by atoms with Gasteiger partial charge >= 0.3 is 5.97 Å². The fourth-order valence-corrected chi connectivity index (χ4v) is 5.30. The van der Waals surface area contributed by atoms with Gasteiger partial charge in [-0.1, -0.05) is 0 Å². The largest absolute Gasteiger partial charge is 0.508 e. The molecule has 0 aliphatic carbocycles. The van der Waals surface area contributed by atoms with Crippen LogP contribution in [0.4, 0.5) is 0 Å². The van der Waals surface area contributed by atoms with Gasteiger partial charge in [0.1, 0.15) is 89.9 Å². The number of carbonyl (C=O) groups is 1. The van der Waals surface area contributed by atoms with Crippen molar-refractivity contribution < 1.29 is 69.4 Å². The predicted octanol–water partition coefficient (Wildman–Crippen LogP) is -1.18. The van der Waals surface area contributed by atoms with Gasteiger partial charge in [0.05, 0.1) is 17.7 Å². The van der Waals surface area contributed by atoms with Crippen LogP contribution in [-0.4, -0.2) is 108 Å². The molecular weight excluding hydrogens is 576 g/mol. The predicted molar refractivity (Wildman–Crippen MR) is 142 cm³/mol. The number of aliphatic hydroxyl groups is 6. The number of carbonyl (C=O) groups excluding carboxylic acids is 1. The minimum atomic E-state index is -2.00. The van der Waals surface area contributed by atoms with Gasteiger partial charge in [-0.25, -0.2) is 0 Å². The van der Waals surface area contributed by atoms with E-state index in [9.17, 15) is 55.5 Å². The number of fused-ring (bicyclic) bond motifs is 1. The van der Waals surface area contributed by atoms with Crippen LogP contribution in [-0.2, 0) is 19.0 Å². The van der Waals surface area contributed by atoms with Crippen molar-refractivity contribution in [2.75, 3.05) is 13.2 Å². The molecule has 5 rings (SSSR count). The van der Waals surface area contributed by atoms with Crippen LogP contribution < -0.4 is 5.43 Å². The minimum Gasteiger partial charge on any atom is -0.508 e. The highest BCUT2D eigenvalue weighted by Crippen LogP contribution is 2.50. The van der Waals surface area contributed by atoms with Gasteiger partial charge in [-0.15, -0.1) is 0 Å². The molecule has 2 aliphatic heterocycles. The quantitative estimate of drug-likeness (QED) is 0.155. The van der Waals surface area contributed by atoms with Crippen LogP contribution in [0.3, 0.4) is 0 Å². The van der Waals surface area contributed by atoms with Crippen LogP contribution in [0.15, 0.2) is 39.5 Å². The van der Waals surface area contributed by atoms with E-state index in [0.29, 0.717) is 0 Å². The average molecular weight is 607 g/mol. The maximum atomic E-state index is 13.5. The van der Waals surface area contributed by atoms with E-state index in [1.807, 2.05) is 0 Å². The van der Waals surface area contributed by atoms with Gasteiger partial charge in [0, 0.05) is 18.6 Å². The van der Waals surface area contributed by atoms with Crippen LogP contribution in [0.1, 0.15) is 30.3 Å². The van der Waals surface area contributed by atoms with E-state index < -0.39 is 113 Å². The summed E-state index contributed by atoms with van der Waals surface area (Å²) in [5.41, 5.74) is -2.28. The number of aliphatic hydroxyl groups excluding tert-OH is 6. The van der Waals surface area contributed by atoms with Gasteiger partial charge in [-0.2, -0.15) is 0 Å². The summed E-state index contributed by atoms with van der Waals surface area (Å²) in [6.07, 6.45) is -15.9. The first-order chi connectivity index (χ1) is 20.3. The summed E-state index contributed by atoms with van der Waals surface area (Å²) in [5.74, 6) is -2.81. The lowest BCUT2D eigenvalue weighted by Crippen LogP contribution is -2.55. The summed E-state index contributed by atoms with van der Waals surface area (Å²) < 4.78 is 22.1. The van der Waals surface area contributed by atoms with E-state index in [4.69, 9.17) is 18.6 Å². The van der Waals surface area contributed by atoms with Gasteiger partial charge in [0.25, 0.3) is 0 Å². The summed E-state index contributed by atoms with van der Waals surface area (Å²) in [7, 11) is 0. The molecule has 3 aromatic rings. The van der Waals surface area contributed by atoms with Crippen molar-refractivity contribution in [3.05, 3.63) is 51.7 Å². The van der Waals surface area contributed by atoms with Crippen molar-refractivity contribution in [3.8, 4) is 28.6 Å². The SMILES string of the molecule is CC(=O)OCC1O[C@@H](c2c(O)c([C@@H]3OC[C@@H](O)[C@H](O)C3O)c(O)c3c(=O)cc(-c4ccc(O)cc4)oc23)C(O)[C@@H](O)[C@@H]1O. The van der Waals surface area contributed by atoms with E-state index in [0.717, 1.165) is 13.0 Å². The van der Waals surface area contributed by atoms with Crippen LogP contribution in [0.2, 0.25) is 0 Å². The molecule has 0 spiro atoms. The Balaban J connectivity index is 1.77. The van der Waals surface area contributed by atoms with Crippen molar-refractivity contribution in [2.24, 2.45) is 0 Å². The Morgan fingerprint density at radius 1 is 0.860 bits per heavy atom. The number of esters is 1. The lowest BCUT2D eigenvalue weighted by Gasteiger charge is -2.41. The summed E-state index contributed by atoms with van der Waals surface area (Å²) in [5, 5.41) is 95.0. The standard InChI is InChI=1S/C28H30O15/c1-9(29)40-8-15-20(34)23(37)25(39)28(43-15)18-22(36)17(27-24(38)19(33)13(32)7-41-27)21(35)16-12(31)6-14(42-26(16)18)10-2-4-11(30)5-3-10/h2-6,13,15,19-20,23-25,27-28,30,32-39H,7-8H2,1H3/t13-,15?,19+,20-,23+,24?,25?,27+,28+/m1/s1. The minimum absolute atomic E-state index is 0.0871. The molecule has 0 bridgehead atoms. The van der Waals surface area contributed by atoms with Crippen LogP contribution in [0, 0.1) is 0 Å². The molecule has 9 atom stereocenters. The highest BCUT2D eigenvalue weighted by Gasteiger charge is 2.49. The lowest BCUT2D eigenvalue weighted by atomic mass is 9.85. The molecule has 2 saturated heterocycles. The summed E-state index contributed by atoms with van der Waals surface area (Å²) in [4.78, 5) is 24.9. The molecule has 1 aromatic heterocycles. The van der Waals surface area contributed by atoms with E-state index in [-0.39, 0.29) is 17.1 Å². The number of phenols is 3. The molecule has 3 unspecified atom stereocenters. The maximum absolute atomic E-state index is 13.5. The Hall–Kier alpha value is -3.80. The number of hydrogen-bond acceptors (Lipinski definition) is 15. The zero-order valence-corrected chi connectivity index (χ0v) is 22.5. The number of aromatic hydroxyl groups is 3. The number of benzene rings is 2. The Bertz CT molecular complexity index is 1570. The molecule has 3 heterocycles. The van der Waals surface area contributed by atoms with E-state index in [1.165, 1.54) is 24.3 Å². The Morgan fingerprint density at radius 2 is 1.51 bits per heavy atom. The smallest absolute Gasteiger partial charge is 0.302 e. The first-order valence-corrected chi connectivity index (χ1v) is 13.2. The third-order valence-corrected chi connectivity index (χ3v) is 7.58. The van der Waals surface area contributed by atoms with Crippen LogP contribution in [0.25, 0.3) is 22.3 Å². The third-order valence-electron chi connectivity index (χ3n) is 7.58. The Kier molecular flexibility index (Phi) is 8.34. The molecule has 2 aliphatic rings. The summed E-state index contributed by atoms with van der Waals surface area (Å²) >= 11 is 0. The topological polar surface area (TPSA) is 257 Å². The molecule has 0 radical (unpaired) electrons. The first kappa shape index (κ1) is 30.7. The fraction of sp³-hybridized carbons (Fsp3) is 0.429. The van der Waals surface area contributed by atoms with Gasteiger partial charge in [-0.3, -0.25) is 9.59 Å². The zero-order chi connectivity index (χ0) is 31.3. The molecule has 43 heavy (non-hydrogen) atoms. The molecule has 0 saturated carbocycles. The molecule has 9 N–H and O–H groups in total. The van der Waals surface area contributed by atoms with Crippen LogP contribution in [0.5, 0.6) is 17.2 Å². The molecule has 0 amide bonds. The highest BCUT2D eigenvalue weighted by atomic mass is 16.6. The van der Waals surface area contributed by atoms with Crippen molar-refractivity contribution in [1.29, 1.82) is 0 Å². The van der Waals surface area contributed by atoms with Gasteiger partial charge < -0.3 is 64.6 Å². The van der Waals surface area contributed by atoms with E-state index in [2.05, 4.69) is 0 Å². The van der Waals surface area contributed by atoms with Crippen molar-refractivity contribution >= 4 is 16.9 Å². The van der Waals surface area contributed by atoms with Gasteiger partial charge in [0.2, 0.25) is 0 Å². The Labute approximate surface area is 242 Å². The zero-order valence-electron chi connectivity index (χ0n) is 22.5. The number of ether oxygens (including phenoxy) is 3. The van der Waals surface area contributed by atoms with Crippen molar-refractivity contribution in [3.63, 3.8) is 0 Å². The van der Waals surface area contributed by atoms with Crippen molar-refractivity contribution in [1.82, 2.24) is 0 Å². The molecular formula is C28H30O15. The Morgan fingerprint density at radius 3 is 2.16 bits per heavy atom. The monoisotopic (exact) mass is 606 g/mol. The normalized spacial score (nSPS) is 31.2. The summed E-state index contributed by atoms with van der Waals surface area (Å²) in [6, 6.07) is 6.44. The highest BCUT2D eigenvalue weighted by molar-refractivity contribution is 5.92. The number of hydrogen-bond donors (Lipinski definition) is 9. The fourth-order valence-electron chi connectivity index (χ4n) is 5.30. The second-order valence-electron chi connectivity index (χ2n) is 10.4. The average Bonchev–Trinajstić information content (AvgIpc) is 2.96. The molecule has 232 valence electrons. The lowest BCUT2D eigenvalue weighted by molar-refractivity contribution is -0.234. The van der Waals surface area contributed by atoms with E-state index >= 15 is 0 Å². The van der Waals surface area contributed by atoms with Gasteiger partial charge in [-0.05, 0) is 24.3 Å². The van der Waals surface area contributed by atoms with Gasteiger partial charge in [0.15, 0.2) is 11.0 Å². The van der Waals surface area contributed by atoms with E-state index in [1.54, 1.807) is 0 Å². The molecule has 15 heteroatoms. The summed E-state index contributed by atoms with van der Waals surface area (Å²) in [6.45, 7) is -0.0387. The molecule has 15 nitrogen and oxygen atoms in total. The second-order valence-corrected chi connectivity index (χ2v) is 10.4. The molecule has 2 fully saturated rings. The second kappa shape index (κ2) is 11.7. The maximum Gasteiger partial charge on any atom is 0.302 e.